The minimum absolute atomic E-state index is 0.0180. The zero-order valence-electron chi connectivity index (χ0n) is 15.6. The molecule has 4 atom stereocenters. The highest BCUT2D eigenvalue weighted by Gasteiger charge is 2.66. The van der Waals surface area contributed by atoms with Gasteiger partial charge in [-0.05, 0) is 30.9 Å². The van der Waals surface area contributed by atoms with Gasteiger partial charge in [-0.25, -0.2) is 0 Å². The second-order valence-electron chi connectivity index (χ2n) is 8.55. The van der Waals surface area contributed by atoms with Crippen LogP contribution in [0.5, 0.6) is 0 Å². The van der Waals surface area contributed by atoms with Crippen molar-refractivity contribution in [2.75, 3.05) is 13.1 Å². The number of aromatic nitrogens is 1. The molecular weight excluding hydrogens is 354 g/mol. The molecule has 1 aliphatic carbocycles. The number of fused-ring (bicyclic) bond motifs is 2. The van der Waals surface area contributed by atoms with Gasteiger partial charge in [0.05, 0.1) is 24.5 Å². The van der Waals surface area contributed by atoms with E-state index in [-0.39, 0.29) is 23.8 Å². The van der Waals surface area contributed by atoms with Gasteiger partial charge in [-0.2, -0.15) is 0 Å². The normalized spacial score (nSPS) is 33.1. The molecule has 0 unspecified atom stereocenters. The lowest BCUT2D eigenvalue weighted by molar-refractivity contribution is -0.137. The molecule has 3 aliphatic heterocycles. The molecule has 4 heterocycles. The number of para-hydroxylation sites is 1. The third kappa shape index (κ3) is 2.30. The van der Waals surface area contributed by atoms with Crippen molar-refractivity contribution < 1.29 is 14.3 Å². The fourth-order valence-electron chi connectivity index (χ4n) is 5.19. The van der Waals surface area contributed by atoms with Crippen molar-refractivity contribution in [2.45, 2.75) is 37.0 Å². The Hall–Kier alpha value is -2.60. The number of amides is 2. The molecule has 6 rings (SSSR count). The number of nitrogens with zero attached hydrogens (tertiary/aromatic N) is 1. The Kier molecular flexibility index (Phi) is 3.33. The predicted octanol–water partition coefficient (Wildman–Crippen LogP) is 1.77. The average molecular weight is 377 g/mol. The third-order valence-electron chi connectivity index (χ3n) is 6.73. The summed E-state index contributed by atoms with van der Waals surface area (Å²) in [4.78, 5) is 31.2. The van der Waals surface area contributed by atoms with E-state index in [1.807, 2.05) is 35.4 Å². The molecule has 2 bridgehead atoms. The van der Waals surface area contributed by atoms with Gasteiger partial charge in [0, 0.05) is 29.7 Å². The minimum atomic E-state index is -0.618. The Balaban J connectivity index is 1.21. The highest BCUT2D eigenvalue weighted by molar-refractivity contribution is 5.93. The van der Waals surface area contributed by atoms with Crippen LogP contribution in [0.1, 0.15) is 18.4 Å². The van der Waals surface area contributed by atoms with Gasteiger partial charge in [0.15, 0.2) is 0 Å². The molecule has 1 saturated carbocycles. The van der Waals surface area contributed by atoms with E-state index < -0.39 is 11.5 Å². The molecule has 2 N–H and O–H groups in total. The highest BCUT2D eigenvalue weighted by Crippen LogP contribution is 2.52. The Morgan fingerprint density at radius 2 is 2.18 bits per heavy atom. The van der Waals surface area contributed by atoms with Crippen molar-refractivity contribution in [3.05, 3.63) is 48.2 Å². The number of carbonyl (C=O) groups excluding carboxylic acids is 2. The number of aromatic amines is 1. The summed E-state index contributed by atoms with van der Waals surface area (Å²) in [6, 6.07) is 8.50. The largest absolute Gasteiger partial charge is 0.361 e. The fraction of sp³-hybridized carbons (Fsp3) is 0.455. The summed E-state index contributed by atoms with van der Waals surface area (Å²) in [5.74, 6) is -0.737. The van der Waals surface area contributed by atoms with E-state index in [9.17, 15) is 9.59 Å². The molecule has 6 heteroatoms. The molecule has 1 aromatic heterocycles. The smallest absolute Gasteiger partial charge is 0.230 e. The molecule has 0 radical (unpaired) electrons. The summed E-state index contributed by atoms with van der Waals surface area (Å²) < 4.78 is 6.19. The predicted molar refractivity (Wildman–Crippen MR) is 103 cm³/mol. The first-order valence-corrected chi connectivity index (χ1v) is 10.2. The number of H-pyrrole nitrogens is 1. The summed E-state index contributed by atoms with van der Waals surface area (Å²) in [5.41, 5.74) is 1.71. The zero-order chi connectivity index (χ0) is 18.9. The standard InChI is InChI=1S/C22H23N3O3/c26-20(24-14-5-6-14)18-17-7-9-22(28-17)12-25(21(27)19(18)22)10-8-13-11-23-16-4-2-1-3-15(13)16/h1-4,7,9,11,14,17-19,23H,5-6,8,10,12H2,(H,24,26)/t17-,18-,19-,22+/m1/s1. The lowest BCUT2D eigenvalue weighted by atomic mass is 9.77. The summed E-state index contributed by atoms with van der Waals surface area (Å²) in [6.45, 7) is 1.18. The van der Waals surface area contributed by atoms with Gasteiger partial charge in [-0.15, -0.1) is 0 Å². The van der Waals surface area contributed by atoms with Crippen molar-refractivity contribution in [1.82, 2.24) is 15.2 Å². The van der Waals surface area contributed by atoms with Crippen LogP contribution in [0.15, 0.2) is 42.6 Å². The van der Waals surface area contributed by atoms with Gasteiger partial charge in [0.25, 0.3) is 0 Å². The van der Waals surface area contributed by atoms with Gasteiger partial charge in [0.2, 0.25) is 11.8 Å². The van der Waals surface area contributed by atoms with Crippen molar-refractivity contribution in [3.8, 4) is 0 Å². The number of rotatable bonds is 5. The number of carbonyl (C=O) groups is 2. The van der Waals surface area contributed by atoms with Crippen LogP contribution in [0.2, 0.25) is 0 Å². The number of hydrogen-bond acceptors (Lipinski definition) is 3. The second-order valence-corrected chi connectivity index (χ2v) is 8.55. The molecule has 3 fully saturated rings. The summed E-state index contributed by atoms with van der Waals surface area (Å²) in [5, 5.41) is 4.27. The summed E-state index contributed by atoms with van der Waals surface area (Å²) in [7, 11) is 0. The van der Waals surface area contributed by atoms with Crippen molar-refractivity contribution in [1.29, 1.82) is 0 Å². The van der Waals surface area contributed by atoms with Crippen molar-refractivity contribution in [2.24, 2.45) is 11.8 Å². The van der Waals surface area contributed by atoms with Crippen LogP contribution < -0.4 is 5.32 Å². The van der Waals surface area contributed by atoms with Crippen LogP contribution in [-0.4, -0.2) is 52.5 Å². The maximum Gasteiger partial charge on any atom is 0.230 e. The molecule has 1 aromatic carbocycles. The molecular formula is C22H23N3O3. The molecule has 1 spiro atoms. The Bertz CT molecular complexity index is 1010. The maximum absolute atomic E-state index is 13.2. The van der Waals surface area contributed by atoms with Crippen LogP contribution in [0.25, 0.3) is 10.9 Å². The van der Waals surface area contributed by atoms with E-state index in [1.165, 1.54) is 10.9 Å². The third-order valence-corrected chi connectivity index (χ3v) is 6.73. The van der Waals surface area contributed by atoms with Gasteiger partial charge in [0.1, 0.15) is 5.60 Å². The number of likely N-dealkylation sites (tertiary alicyclic amines) is 1. The topological polar surface area (TPSA) is 74.4 Å². The summed E-state index contributed by atoms with van der Waals surface area (Å²) in [6.07, 6.45) is 8.63. The van der Waals surface area contributed by atoms with E-state index >= 15 is 0 Å². The minimum Gasteiger partial charge on any atom is -0.361 e. The maximum atomic E-state index is 13.2. The van der Waals surface area contributed by atoms with Crippen LogP contribution in [-0.2, 0) is 20.7 Å². The first kappa shape index (κ1) is 16.4. The highest BCUT2D eigenvalue weighted by atomic mass is 16.5. The van der Waals surface area contributed by atoms with Gasteiger partial charge < -0.3 is 19.9 Å². The monoisotopic (exact) mass is 377 g/mol. The average Bonchev–Trinajstić information content (AvgIpc) is 3.06. The Morgan fingerprint density at radius 1 is 1.32 bits per heavy atom. The molecule has 144 valence electrons. The lowest BCUT2D eigenvalue weighted by Gasteiger charge is -2.23. The first-order chi connectivity index (χ1) is 13.6. The van der Waals surface area contributed by atoms with E-state index in [1.54, 1.807) is 0 Å². The van der Waals surface area contributed by atoms with Crippen LogP contribution in [0, 0.1) is 11.8 Å². The van der Waals surface area contributed by atoms with Gasteiger partial charge in [-0.1, -0.05) is 30.4 Å². The molecule has 2 aromatic rings. The SMILES string of the molecule is O=C(NC1CC1)[C@@H]1[C@H]2C=C[C@@]3(CN(CCc4c[nH]c5ccccc45)C(=O)[C@@H]13)O2. The van der Waals surface area contributed by atoms with Crippen molar-refractivity contribution in [3.63, 3.8) is 0 Å². The fourth-order valence-corrected chi connectivity index (χ4v) is 5.19. The van der Waals surface area contributed by atoms with Gasteiger partial charge >= 0.3 is 0 Å². The van der Waals surface area contributed by atoms with Crippen LogP contribution in [0.3, 0.4) is 0 Å². The van der Waals surface area contributed by atoms with Crippen molar-refractivity contribution >= 4 is 22.7 Å². The van der Waals surface area contributed by atoms with Crippen LogP contribution in [0.4, 0.5) is 0 Å². The zero-order valence-corrected chi connectivity index (χ0v) is 15.6. The lowest BCUT2D eigenvalue weighted by Crippen LogP contribution is -2.44. The number of hydrogen-bond donors (Lipinski definition) is 2. The van der Waals surface area contributed by atoms with E-state index in [0.29, 0.717) is 19.1 Å². The van der Waals surface area contributed by atoms with E-state index in [4.69, 9.17) is 4.74 Å². The molecule has 28 heavy (non-hydrogen) atoms. The molecule has 2 amide bonds. The molecule has 4 aliphatic rings. The second kappa shape index (κ2) is 5.70. The molecule has 2 saturated heterocycles. The number of nitrogens with one attached hydrogen (secondary N) is 2. The first-order valence-electron chi connectivity index (χ1n) is 10.2. The Morgan fingerprint density at radius 3 is 3.04 bits per heavy atom. The van der Waals surface area contributed by atoms with Crippen LogP contribution >= 0.6 is 0 Å². The Labute approximate surface area is 162 Å². The number of ether oxygens (including phenoxy) is 1. The van der Waals surface area contributed by atoms with E-state index in [2.05, 4.69) is 22.4 Å². The van der Waals surface area contributed by atoms with E-state index in [0.717, 1.165) is 24.8 Å². The van der Waals surface area contributed by atoms with Gasteiger partial charge in [-0.3, -0.25) is 9.59 Å². The quantitative estimate of drug-likeness (QED) is 0.780. The number of benzene rings is 1. The summed E-state index contributed by atoms with van der Waals surface area (Å²) >= 11 is 0. The molecule has 6 nitrogen and oxygen atoms in total.